The van der Waals surface area contributed by atoms with Gasteiger partial charge in [-0.1, -0.05) is 28.9 Å². The van der Waals surface area contributed by atoms with Crippen LogP contribution in [0.25, 0.3) is 0 Å². The van der Waals surface area contributed by atoms with Gasteiger partial charge in [-0.25, -0.2) is 0 Å². The maximum atomic E-state index is 8.83. The molecule has 5 heteroatoms. The van der Waals surface area contributed by atoms with E-state index in [0.29, 0.717) is 22.1 Å². The first-order valence-corrected chi connectivity index (χ1v) is 6.42. The topological polar surface area (TPSA) is 67.8 Å². The molecule has 0 aromatic heterocycles. The van der Waals surface area contributed by atoms with E-state index in [4.69, 9.17) is 27.3 Å². The SMILES string of the molecule is Cc1ccc(Oc2cccc(Cl)c2C(N)=NO)cc1C. The normalized spacial score (nSPS) is 11.4. The van der Waals surface area contributed by atoms with Crippen molar-refractivity contribution in [1.82, 2.24) is 0 Å². The number of hydrogen-bond acceptors (Lipinski definition) is 3. The molecule has 0 saturated carbocycles. The van der Waals surface area contributed by atoms with E-state index in [0.717, 1.165) is 5.56 Å². The van der Waals surface area contributed by atoms with Crippen molar-refractivity contribution in [2.45, 2.75) is 13.8 Å². The van der Waals surface area contributed by atoms with Gasteiger partial charge in [-0.2, -0.15) is 0 Å². The number of nitrogens with zero attached hydrogens (tertiary/aromatic N) is 1. The maximum Gasteiger partial charge on any atom is 0.175 e. The minimum absolute atomic E-state index is 0.0885. The van der Waals surface area contributed by atoms with Gasteiger partial charge in [0.15, 0.2) is 5.84 Å². The molecule has 0 aliphatic rings. The third kappa shape index (κ3) is 2.86. The fourth-order valence-electron chi connectivity index (χ4n) is 1.79. The smallest absolute Gasteiger partial charge is 0.175 e. The van der Waals surface area contributed by atoms with Crippen LogP contribution in [0.3, 0.4) is 0 Å². The van der Waals surface area contributed by atoms with Crippen molar-refractivity contribution in [3.05, 3.63) is 58.1 Å². The van der Waals surface area contributed by atoms with E-state index in [1.165, 1.54) is 5.56 Å². The first kappa shape index (κ1) is 14.2. The lowest BCUT2D eigenvalue weighted by atomic mass is 10.1. The lowest BCUT2D eigenvalue weighted by molar-refractivity contribution is 0.318. The summed E-state index contributed by atoms with van der Waals surface area (Å²) in [6.45, 7) is 4.03. The van der Waals surface area contributed by atoms with Gasteiger partial charge < -0.3 is 15.7 Å². The summed E-state index contributed by atoms with van der Waals surface area (Å²) in [5.74, 6) is 1.02. The molecule has 2 rings (SSSR count). The van der Waals surface area contributed by atoms with Crippen molar-refractivity contribution >= 4 is 17.4 Å². The van der Waals surface area contributed by atoms with Gasteiger partial charge in [0, 0.05) is 0 Å². The second-order valence-electron chi connectivity index (χ2n) is 4.45. The molecule has 0 unspecified atom stereocenters. The second kappa shape index (κ2) is 5.84. The summed E-state index contributed by atoms with van der Waals surface area (Å²) in [6, 6.07) is 10.9. The van der Waals surface area contributed by atoms with E-state index < -0.39 is 0 Å². The van der Waals surface area contributed by atoms with Gasteiger partial charge in [-0.3, -0.25) is 0 Å². The Morgan fingerprint density at radius 1 is 1.20 bits per heavy atom. The van der Waals surface area contributed by atoms with Crippen LogP contribution in [-0.2, 0) is 0 Å². The van der Waals surface area contributed by atoms with Gasteiger partial charge in [0.2, 0.25) is 0 Å². The molecule has 0 bridgehead atoms. The zero-order valence-electron chi connectivity index (χ0n) is 11.2. The van der Waals surface area contributed by atoms with Crippen molar-refractivity contribution in [2.24, 2.45) is 10.9 Å². The Bertz CT molecular complexity index is 669. The highest BCUT2D eigenvalue weighted by atomic mass is 35.5. The fourth-order valence-corrected chi connectivity index (χ4v) is 2.06. The third-order valence-electron chi connectivity index (χ3n) is 3.05. The van der Waals surface area contributed by atoms with Crippen LogP contribution in [0, 0.1) is 13.8 Å². The standard InChI is InChI=1S/C15H15ClN2O2/c1-9-6-7-11(8-10(9)2)20-13-5-3-4-12(16)14(13)15(17)18-19/h3-8,19H,1-2H3,(H2,17,18). The molecular weight excluding hydrogens is 276 g/mol. The van der Waals surface area contributed by atoms with Gasteiger partial charge in [0.1, 0.15) is 11.5 Å². The molecule has 4 nitrogen and oxygen atoms in total. The van der Waals surface area contributed by atoms with Crippen LogP contribution in [-0.4, -0.2) is 11.0 Å². The molecule has 2 aromatic rings. The van der Waals surface area contributed by atoms with Crippen LogP contribution in [0.15, 0.2) is 41.6 Å². The van der Waals surface area contributed by atoms with Gasteiger partial charge >= 0.3 is 0 Å². The molecule has 2 aromatic carbocycles. The predicted octanol–water partition coefficient (Wildman–Crippen LogP) is 3.84. The summed E-state index contributed by atoms with van der Waals surface area (Å²) >= 11 is 6.07. The summed E-state index contributed by atoms with van der Waals surface area (Å²) in [7, 11) is 0. The third-order valence-corrected chi connectivity index (χ3v) is 3.36. The van der Waals surface area contributed by atoms with E-state index >= 15 is 0 Å². The van der Waals surface area contributed by atoms with Crippen LogP contribution in [0.1, 0.15) is 16.7 Å². The molecule has 3 N–H and O–H groups in total. The number of benzene rings is 2. The molecule has 0 aliphatic carbocycles. The van der Waals surface area contributed by atoms with Crippen molar-refractivity contribution in [2.75, 3.05) is 0 Å². The van der Waals surface area contributed by atoms with Crippen LogP contribution in [0.2, 0.25) is 5.02 Å². The summed E-state index contributed by atoms with van der Waals surface area (Å²) in [5.41, 5.74) is 8.31. The minimum Gasteiger partial charge on any atom is -0.457 e. The molecule has 104 valence electrons. The summed E-state index contributed by atoms with van der Waals surface area (Å²) < 4.78 is 5.79. The van der Waals surface area contributed by atoms with Gasteiger partial charge in [0.05, 0.1) is 10.6 Å². The zero-order chi connectivity index (χ0) is 14.7. The Balaban J connectivity index is 2.43. The monoisotopic (exact) mass is 290 g/mol. The van der Waals surface area contributed by atoms with Crippen molar-refractivity contribution in [1.29, 1.82) is 0 Å². The molecule has 0 radical (unpaired) electrons. The molecule has 0 saturated heterocycles. The molecule has 0 spiro atoms. The van der Waals surface area contributed by atoms with E-state index in [2.05, 4.69) is 5.16 Å². The zero-order valence-corrected chi connectivity index (χ0v) is 12.0. The van der Waals surface area contributed by atoms with Crippen LogP contribution in [0.4, 0.5) is 0 Å². The summed E-state index contributed by atoms with van der Waals surface area (Å²) in [5, 5.41) is 12.2. The first-order chi connectivity index (χ1) is 9.52. The molecule has 0 fully saturated rings. The number of amidine groups is 1. The Morgan fingerprint density at radius 3 is 2.60 bits per heavy atom. The highest BCUT2D eigenvalue weighted by molar-refractivity contribution is 6.34. The molecule has 0 aliphatic heterocycles. The number of aryl methyl sites for hydroxylation is 2. The Kier molecular flexibility index (Phi) is 4.15. The van der Waals surface area contributed by atoms with Gasteiger partial charge in [-0.15, -0.1) is 0 Å². The van der Waals surface area contributed by atoms with Crippen LogP contribution >= 0.6 is 11.6 Å². The lowest BCUT2D eigenvalue weighted by Crippen LogP contribution is -2.14. The van der Waals surface area contributed by atoms with Crippen molar-refractivity contribution < 1.29 is 9.94 Å². The number of ether oxygens (including phenoxy) is 1. The van der Waals surface area contributed by atoms with Crippen molar-refractivity contribution in [3.8, 4) is 11.5 Å². The van der Waals surface area contributed by atoms with Crippen molar-refractivity contribution in [3.63, 3.8) is 0 Å². The number of nitrogens with two attached hydrogens (primary N) is 1. The highest BCUT2D eigenvalue weighted by Crippen LogP contribution is 2.31. The summed E-state index contributed by atoms with van der Waals surface area (Å²) in [6.07, 6.45) is 0. The molecule has 20 heavy (non-hydrogen) atoms. The molecular formula is C15H15ClN2O2. The number of rotatable bonds is 3. The Hall–Kier alpha value is -2.20. The average Bonchev–Trinajstić information content (AvgIpc) is 2.42. The minimum atomic E-state index is -0.0885. The average molecular weight is 291 g/mol. The lowest BCUT2D eigenvalue weighted by Gasteiger charge is -2.12. The molecule has 0 amide bonds. The molecule has 0 heterocycles. The predicted molar refractivity (Wildman–Crippen MR) is 80.0 cm³/mol. The maximum absolute atomic E-state index is 8.83. The summed E-state index contributed by atoms with van der Waals surface area (Å²) in [4.78, 5) is 0. The quantitative estimate of drug-likeness (QED) is 0.390. The van der Waals surface area contributed by atoms with E-state index in [9.17, 15) is 0 Å². The van der Waals surface area contributed by atoms with Crippen LogP contribution < -0.4 is 10.5 Å². The first-order valence-electron chi connectivity index (χ1n) is 6.04. The van der Waals surface area contributed by atoms with E-state index in [-0.39, 0.29) is 5.84 Å². The van der Waals surface area contributed by atoms with Gasteiger partial charge in [-0.05, 0) is 49.2 Å². The highest BCUT2D eigenvalue weighted by Gasteiger charge is 2.13. The van der Waals surface area contributed by atoms with Crippen LogP contribution in [0.5, 0.6) is 11.5 Å². The second-order valence-corrected chi connectivity index (χ2v) is 4.85. The number of hydrogen-bond donors (Lipinski definition) is 2. The van der Waals surface area contributed by atoms with E-state index in [1.807, 2.05) is 32.0 Å². The fraction of sp³-hybridized carbons (Fsp3) is 0.133. The van der Waals surface area contributed by atoms with E-state index in [1.54, 1.807) is 18.2 Å². The molecule has 0 atom stereocenters. The van der Waals surface area contributed by atoms with Gasteiger partial charge in [0.25, 0.3) is 0 Å². The Morgan fingerprint density at radius 2 is 1.95 bits per heavy atom. The number of halogens is 1. The number of oxime groups is 1. The largest absolute Gasteiger partial charge is 0.457 e. The Labute approximate surface area is 122 Å².